The number of hydrazone groups is 1. The van der Waals surface area contributed by atoms with Crippen molar-refractivity contribution in [3.8, 4) is 5.75 Å². The number of carbonyl (C=O) groups excluding carboxylic acids is 2. The summed E-state index contributed by atoms with van der Waals surface area (Å²) in [5, 5.41) is 15.0. The van der Waals surface area contributed by atoms with Gasteiger partial charge in [-0.25, -0.2) is 0 Å². The zero-order chi connectivity index (χ0) is 21.3. The Bertz CT molecular complexity index is 1190. The molecule has 2 unspecified atom stereocenters. The molecule has 7 rings (SSSR count). The summed E-state index contributed by atoms with van der Waals surface area (Å²) in [6.45, 7) is 0. The maximum atomic E-state index is 13.4. The van der Waals surface area contributed by atoms with Gasteiger partial charge >= 0.3 is 0 Å². The van der Waals surface area contributed by atoms with Crippen LogP contribution in [0.1, 0.15) is 39.7 Å². The first-order chi connectivity index (χ1) is 15.1. The van der Waals surface area contributed by atoms with Gasteiger partial charge in [0.25, 0.3) is 11.8 Å². The fourth-order valence-electron chi connectivity index (χ4n) is 5.50. The molecule has 1 saturated heterocycles. The number of hydrogen-bond donors (Lipinski definition) is 1. The third-order valence-electron chi connectivity index (χ3n) is 6.72. The van der Waals surface area contributed by atoms with Crippen LogP contribution in [0.2, 0.25) is 0 Å². The molecule has 1 N–H and O–H groups in total. The van der Waals surface area contributed by atoms with E-state index in [9.17, 15) is 14.7 Å². The molecule has 1 heterocycles. The minimum absolute atomic E-state index is 0.114. The van der Waals surface area contributed by atoms with E-state index in [2.05, 4.69) is 45.3 Å². The highest BCUT2D eigenvalue weighted by Crippen LogP contribution is 2.60. The van der Waals surface area contributed by atoms with Gasteiger partial charge in [-0.3, -0.25) is 9.59 Å². The fraction of sp³-hybridized carbons (Fsp3) is 0.160. The van der Waals surface area contributed by atoms with Crippen molar-refractivity contribution in [3.63, 3.8) is 0 Å². The van der Waals surface area contributed by atoms with Crippen LogP contribution in [0.3, 0.4) is 0 Å². The number of phenolic OH excluding ortho intramolecular Hbond substituents is 1. The maximum absolute atomic E-state index is 13.4. The van der Waals surface area contributed by atoms with Crippen molar-refractivity contribution in [1.82, 2.24) is 5.01 Å². The third kappa shape index (κ3) is 2.51. The Hall–Kier alpha value is -3.25. The Morgan fingerprint density at radius 1 is 0.806 bits per heavy atom. The lowest BCUT2D eigenvalue weighted by atomic mass is 9.55. The van der Waals surface area contributed by atoms with Gasteiger partial charge < -0.3 is 5.11 Å². The van der Waals surface area contributed by atoms with Gasteiger partial charge in [0.1, 0.15) is 5.75 Å². The summed E-state index contributed by atoms with van der Waals surface area (Å²) < 4.78 is 0.521. The van der Waals surface area contributed by atoms with E-state index in [0.29, 0.717) is 10.0 Å². The van der Waals surface area contributed by atoms with Crippen LogP contribution < -0.4 is 0 Å². The van der Waals surface area contributed by atoms with Gasteiger partial charge in [0.15, 0.2) is 0 Å². The van der Waals surface area contributed by atoms with Crippen LogP contribution in [-0.4, -0.2) is 28.1 Å². The topological polar surface area (TPSA) is 70.0 Å². The second-order valence-corrected chi connectivity index (χ2v) is 9.06. The number of nitrogens with zero attached hydrogens (tertiary/aromatic N) is 2. The van der Waals surface area contributed by atoms with Crippen molar-refractivity contribution < 1.29 is 14.7 Å². The van der Waals surface area contributed by atoms with Crippen LogP contribution in [0.5, 0.6) is 5.75 Å². The summed E-state index contributed by atoms with van der Waals surface area (Å²) in [5.41, 5.74) is 5.24. The van der Waals surface area contributed by atoms with Crippen LogP contribution in [0.15, 0.2) is 76.3 Å². The van der Waals surface area contributed by atoms with E-state index in [0.717, 1.165) is 27.3 Å². The van der Waals surface area contributed by atoms with Crippen LogP contribution in [-0.2, 0) is 9.59 Å². The Morgan fingerprint density at radius 3 is 1.74 bits per heavy atom. The van der Waals surface area contributed by atoms with E-state index in [-0.39, 0.29) is 29.4 Å². The first-order valence-electron chi connectivity index (χ1n) is 10.1. The number of rotatable bonds is 2. The third-order valence-corrected chi connectivity index (χ3v) is 7.35. The van der Waals surface area contributed by atoms with E-state index >= 15 is 0 Å². The molecule has 1 fully saturated rings. The molecule has 6 heteroatoms. The second-order valence-electron chi connectivity index (χ2n) is 8.21. The monoisotopic (exact) mass is 472 g/mol. The maximum Gasteiger partial charge on any atom is 0.254 e. The van der Waals surface area contributed by atoms with Gasteiger partial charge in [-0.1, -0.05) is 48.5 Å². The van der Waals surface area contributed by atoms with Crippen molar-refractivity contribution in [2.24, 2.45) is 16.9 Å². The zero-order valence-electron chi connectivity index (χ0n) is 16.3. The van der Waals surface area contributed by atoms with Crippen LogP contribution in [0, 0.1) is 11.8 Å². The normalized spacial score (nSPS) is 25.6. The Balaban J connectivity index is 1.44. The van der Waals surface area contributed by atoms with Gasteiger partial charge in [0.05, 0.1) is 22.5 Å². The molecule has 0 spiro atoms. The number of amides is 2. The molecule has 152 valence electrons. The highest BCUT2D eigenvalue weighted by molar-refractivity contribution is 9.10. The molecular formula is C25H17BrN2O3. The Morgan fingerprint density at radius 2 is 1.29 bits per heavy atom. The molecule has 0 radical (unpaired) electrons. The molecule has 1 aliphatic heterocycles. The van der Waals surface area contributed by atoms with Gasteiger partial charge in [0, 0.05) is 11.8 Å². The molecule has 2 atom stereocenters. The Kier molecular flexibility index (Phi) is 3.96. The first kappa shape index (κ1) is 18.5. The first-order valence-corrected chi connectivity index (χ1v) is 10.9. The molecule has 3 aromatic carbocycles. The van der Waals surface area contributed by atoms with Gasteiger partial charge in [0.2, 0.25) is 0 Å². The van der Waals surface area contributed by atoms with Crippen LogP contribution in [0.4, 0.5) is 0 Å². The summed E-state index contributed by atoms with van der Waals surface area (Å²) in [7, 11) is 0. The lowest BCUT2D eigenvalue weighted by Crippen LogP contribution is -2.41. The molecule has 0 aromatic heterocycles. The lowest BCUT2D eigenvalue weighted by Gasteiger charge is -2.45. The number of aromatic hydroxyl groups is 1. The van der Waals surface area contributed by atoms with Crippen molar-refractivity contribution in [1.29, 1.82) is 0 Å². The number of phenols is 1. The number of halogens is 1. The minimum Gasteiger partial charge on any atom is -0.507 e. The molecule has 0 saturated carbocycles. The van der Waals surface area contributed by atoms with Gasteiger partial charge in [-0.05, 0) is 61.9 Å². The molecule has 2 amide bonds. The predicted octanol–water partition coefficient (Wildman–Crippen LogP) is 4.38. The van der Waals surface area contributed by atoms with Gasteiger partial charge in [-0.15, -0.1) is 0 Å². The van der Waals surface area contributed by atoms with E-state index in [4.69, 9.17) is 0 Å². The highest BCUT2D eigenvalue weighted by atomic mass is 79.9. The summed E-state index contributed by atoms with van der Waals surface area (Å²) >= 11 is 3.27. The van der Waals surface area contributed by atoms with Crippen molar-refractivity contribution >= 4 is 34.0 Å². The molecule has 4 aliphatic rings. The minimum atomic E-state index is -0.439. The zero-order valence-corrected chi connectivity index (χ0v) is 17.9. The SMILES string of the molecule is O=C1C2C3c4ccccc4C(c4ccccc43)C2C(=O)N1N=Cc1ccc(O)c(Br)c1. The second kappa shape index (κ2) is 6.62. The largest absolute Gasteiger partial charge is 0.507 e. The van der Waals surface area contributed by atoms with Crippen molar-refractivity contribution in [3.05, 3.63) is 99.0 Å². The fourth-order valence-corrected chi connectivity index (χ4v) is 5.90. The average Bonchev–Trinajstić information content (AvgIpc) is 3.05. The number of hydrogen-bond acceptors (Lipinski definition) is 4. The van der Waals surface area contributed by atoms with E-state index in [1.54, 1.807) is 12.1 Å². The molecule has 3 aromatic rings. The van der Waals surface area contributed by atoms with E-state index < -0.39 is 11.8 Å². The number of carbonyl (C=O) groups is 2. The summed E-state index contributed by atoms with van der Waals surface area (Å²) in [6, 6.07) is 21.2. The van der Waals surface area contributed by atoms with Crippen LogP contribution >= 0.6 is 15.9 Å². The smallest absolute Gasteiger partial charge is 0.254 e. The standard InChI is InChI=1S/C25H17BrN2O3/c26-18-11-13(9-10-19(18)29)12-27-28-24(30)22-20-14-5-1-2-6-15(14)21(23(22)25(28)31)17-8-4-3-7-16(17)20/h1-12,20-23,29H. The summed E-state index contributed by atoms with van der Waals surface area (Å²) in [5.74, 6) is -1.53. The Labute approximate surface area is 187 Å². The molecule has 2 bridgehead atoms. The summed E-state index contributed by atoms with van der Waals surface area (Å²) in [4.78, 5) is 26.9. The van der Waals surface area contributed by atoms with Gasteiger partial charge in [-0.2, -0.15) is 10.1 Å². The molecule has 31 heavy (non-hydrogen) atoms. The predicted molar refractivity (Wildman–Crippen MR) is 119 cm³/mol. The number of imide groups is 1. The molecule has 3 aliphatic carbocycles. The quantitative estimate of drug-likeness (QED) is 0.444. The molecular weight excluding hydrogens is 456 g/mol. The average molecular weight is 473 g/mol. The van der Waals surface area contributed by atoms with Crippen LogP contribution in [0.25, 0.3) is 0 Å². The van der Waals surface area contributed by atoms with E-state index in [1.807, 2.05) is 24.3 Å². The number of benzene rings is 3. The lowest BCUT2D eigenvalue weighted by molar-refractivity contribution is -0.139. The highest BCUT2D eigenvalue weighted by Gasteiger charge is 2.61. The van der Waals surface area contributed by atoms with Crippen molar-refractivity contribution in [2.45, 2.75) is 11.8 Å². The summed E-state index contributed by atoms with van der Waals surface area (Å²) in [6.07, 6.45) is 1.49. The van der Waals surface area contributed by atoms with Crippen molar-refractivity contribution in [2.75, 3.05) is 0 Å². The van der Waals surface area contributed by atoms with E-state index in [1.165, 1.54) is 12.3 Å². The molecule has 5 nitrogen and oxygen atoms in total.